The molecule has 5 nitrogen and oxygen atoms in total. The minimum atomic E-state index is -0.326. The fraction of sp³-hybridized carbons (Fsp3) is 0.231. The Bertz CT molecular complexity index is 602. The predicted octanol–water partition coefficient (Wildman–Crippen LogP) is 0.870. The molecule has 0 aliphatic carbocycles. The number of rotatable bonds is 4. The van der Waals surface area contributed by atoms with Crippen LogP contribution in [0.1, 0.15) is 0 Å². The van der Waals surface area contributed by atoms with Crippen LogP contribution < -0.4 is 10.3 Å². The number of nitrogens with zero attached hydrogens (tertiary/aromatic N) is 2. The number of fused-ring (bicyclic) bond motifs is 1. The second-order valence-electron chi connectivity index (χ2n) is 3.91. The lowest BCUT2D eigenvalue weighted by molar-refractivity contribution is -0.645. The molecule has 94 valence electrons. The topological polar surface area (TPSA) is 61.1 Å². The molecular weight excluding hydrogens is 230 g/mol. The molecule has 0 aliphatic rings. The Labute approximate surface area is 105 Å². The lowest BCUT2D eigenvalue weighted by Gasteiger charge is -1.99. The van der Waals surface area contributed by atoms with Crippen molar-refractivity contribution in [3.63, 3.8) is 0 Å². The van der Waals surface area contributed by atoms with Gasteiger partial charge in [-0.2, -0.15) is 0 Å². The van der Waals surface area contributed by atoms with Gasteiger partial charge in [-0.3, -0.25) is 5.73 Å². The number of aromatic nitrogens is 2. The largest absolute Gasteiger partial charge is 0.467 e. The summed E-state index contributed by atoms with van der Waals surface area (Å²) in [5.74, 6) is 0.190. The molecule has 0 unspecified atom stereocenters. The molecule has 5 heteroatoms. The number of esters is 1. The van der Waals surface area contributed by atoms with Gasteiger partial charge >= 0.3 is 11.9 Å². The lowest BCUT2D eigenvalue weighted by Crippen LogP contribution is -2.40. The number of benzene rings is 1. The molecule has 0 aliphatic heterocycles. The number of ether oxygens (including phenoxy) is 1. The third-order valence-electron chi connectivity index (χ3n) is 2.84. The molecular formula is C13H16N3O2+. The van der Waals surface area contributed by atoms with E-state index in [0.29, 0.717) is 12.5 Å². The third kappa shape index (κ3) is 1.95. The maximum absolute atomic E-state index is 11.4. The van der Waals surface area contributed by atoms with E-state index in [-0.39, 0.29) is 12.5 Å². The molecule has 0 bridgehead atoms. The smallest absolute Gasteiger partial charge is 0.356 e. The van der Waals surface area contributed by atoms with Gasteiger partial charge in [0.15, 0.2) is 6.54 Å². The van der Waals surface area contributed by atoms with Crippen molar-refractivity contribution in [1.82, 2.24) is 4.57 Å². The average Bonchev–Trinajstić information content (AvgIpc) is 2.65. The van der Waals surface area contributed by atoms with Crippen LogP contribution in [0.15, 0.2) is 36.9 Å². The molecule has 2 rings (SSSR count). The van der Waals surface area contributed by atoms with E-state index in [4.69, 9.17) is 5.73 Å². The number of nitrogen functional groups attached to an aromatic ring is 1. The van der Waals surface area contributed by atoms with Crippen LogP contribution >= 0.6 is 0 Å². The van der Waals surface area contributed by atoms with Gasteiger partial charge in [0.25, 0.3) is 0 Å². The minimum absolute atomic E-state index is 0.104. The number of anilines is 1. The number of carbonyl (C=O) groups is 1. The predicted molar refractivity (Wildman–Crippen MR) is 68.8 cm³/mol. The second-order valence-corrected chi connectivity index (χ2v) is 3.91. The SMILES string of the molecule is C=CCn1c(N)[n+](CC(=O)OC)c2ccccc21. The number of nitrogens with two attached hydrogens (primary N) is 1. The number of hydrogen-bond acceptors (Lipinski definition) is 3. The molecule has 18 heavy (non-hydrogen) atoms. The van der Waals surface area contributed by atoms with E-state index in [1.54, 1.807) is 10.6 Å². The van der Waals surface area contributed by atoms with Crippen LogP contribution in [-0.2, 0) is 22.6 Å². The van der Waals surface area contributed by atoms with Crippen molar-refractivity contribution >= 4 is 23.0 Å². The van der Waals surface area contributed by atoms with E-state index >= 15 is 0 Å². The minimum Gasteiger partial charge on any atom is -0.467 e. The van der Waals surface area contributed by atoms with Crippen LogP contribution in [0.3, 0.4) is 0 Å². The fourth-order valence-corrected chi connectivity index (χ4v) is 1.99. The van der Waals surface area contributed by atoms with Crippen LogP contribution in [0, 0.1) is 0 Å². The quantitative estimate of drug-likeness (QED) is 0.494. The van der Waals surface area contributed by atoms with Crippen molar-refractivity contribution in [2.24, 2.45) is 0 Å². The van der Waals surface area contributed by atoms with Gasteiger partial charge in [0.2, 0.25) is 0 Å². The van der Waals surface area contributed by atoms with Gasteiger partial charge in [0, 0.05) is 0 Å². The summed E-state index contributed by atoms with van der Waals surface area (Å²) in [6.45, 7) is 4.41. The Kier molecular flexibility index (Phi) is 3.32. The zero-order chi connectivity index (χ0) is 13.1. The zero-order valence-electron chi connectivity index (χ0n) is 10.3. The van der Waals surface area contributed by atoms with Gasteiger partial charge in [-0.25, -0.2) is 13.9 Å². The van der Waals surface area contributed by atoms with E-state index < -0.39 is 0 Å². The summed E-state index contributed by atoms with van der Waals surface area (Å²) in [6, 6.07) is 7.73. The fourth-order valence-electron chi connectivity index (χ4n) is 1.99. The monoisotopic (exact) mass is 246 g/mol. The van der Waals surface area contributed by atoms with Gasteiger partial charge in [0.05, 0.1) is 13.7 Å². The molecule has 2 aromatic rings. The highest BCUT2D eigenvalue weighted by atomic mass is 16.5. The first kappa shape index (κ1) is 12.2. The van der Waals surface area contributed by atoms with Crippen LogP contribution in [0.5, 0.6) is 0 Å². The first-order valence-electron chi connectivity index (χ1n) is 5.63. The van der Waals surface area contributed by atoms with E-state index in [1.807, 2.05) is 28.8 Å². The van der Waals surface area contributed by atoms with E-state index in [2.05, 4.69) is 11.3 Å². The highest BCUT2D eigenvalue weighted by Gasteiger charge is 2.21. The Morgan fingerprint density at radius 3 is 2.94 bits per heavy atom. The summed E-state index contributed by atoms with van der Waals surface area (Å²) in [4.78, 5) is 11.4. The lowest BCUT2D eigenvalue weighted by atomic mass is 10.3. The Hall–Kier alpha value is -2.30. The van der Waals surface area contributed by atoms with Gasteiger partial charge < -0.3 is 4.74 Å². The maximum atomic E-state index is 11.4. The number of methoxy groups -OCH3 is 1. The van der Waals surface area contributed by atoms with Gasteiger partial charge in [-0.05, 0) is 12.1 Å². The molecule has 0 atom stereocenters. The average molecular weight is 246 g/mol. The molecule has 0 saturated carbocycles. The van der Waals surface area contributed by atoms with Crippen LogP contribution in [0.2, 0.25) is 0 Å². The van der Waals surface area contributed by atoms with Crippen molar-refractivity contribution in [3.05, 3.63) is 36.9 Å². The van der Waals surface area contributed by atoms with Crippen molar-refractivity contribution in [2.45, 2.75) is 13.1 Å². The van der Waals surface area contributed by atoms with Gasteiger partial charge in [0.1, 0.15) is 11.0 Å². The van der Waals surface area contributed by atoms with E-state index in [0.717, 1.165) is 11.0 Å². The molecule has 2 N–H and O–H groups in total. The first-order chi connectivity index (χ1) is 8.69. The second kappa shape index (κ2) is 4.91. The number of para-hydroxylation sites is 2. The number of allylic oxidation sites excluding steroid dienone is 1. The van der Waals surface area contributed by atoms with E-state index in [1.165, 1.54) is 7.11 Å². The normalized spacial score (nSPS) is 10.5. The van der Waals surface area contributed by atoms with Crippen molar-refractivity contribution in [3.8, 4) is 0 Å². The summed E-state index contributed by atoms with van der Waals surface area (Å²) in [5, 5.41) is 0. The van der Waals surface area contributed by atoms with Crippen molar-refractivity contribution in [2.75, 3.05) is 12.8 Å². The standard InChI is InChI=1S/C13H15N3O2/c1-3-8-15-10-6-4-5-7-11(10)16(13(15)14)9-12(17)18-2/h3-7,14H,1,8-9H2,2H3/p+1. The Morgan fingerprint density at radius 2 is 2.28 bits per heavy atom. The highest BCUT2D eigenvalue weighted by molar-refractivity contribution is 5.75. The van der Waals surface area contributed by atoms with Crippen molar-refractivity contribution < 1.29 is 14.1 Å². The summed E-state index contributed by atoms with van der Waals surface area (Å²) >= 11 is 0. The Morgan fingerprint density at radius 1 is 1.56 bits per heavy atom. The highest BCUT2D eigenvalue weighted by Crippen LogP contribution is 2.15. The third-order valence-corrected chi connectivity index (χ3v) is 2.84. The van der Waals surface area contributed by atoms with Gasteiger partial charge in [-0.15, -0.1) is 0 Å². The molecule has 0 spiro atoms. The molecule has 0 radical (unpaired) electrons. The van der Waals surface area contributed by atoms with Crippen LogP contribution in [0.25, 0.3) is 11.0 Å². The van der Waals surface area contributed by atoms with Gasteiger partial charge in [-0.1, -0.05) is 24.8 Å². The zero-order valence-corrected chi connectivity index (χ0v) is 10.3. The van der Waals surface area contributed by atoms with Crippen LogP contribution in [-0.4, -0.2) is 17.6 Å². The first-order valence-corrected chi connectivity index (χ1v) is 5.63. The Balaban J connectivity index is 2.61. The number of imidazole rings is 1. The molecule has 0 saturated heterocycles. The van der Waals surface area contributed by atoms with Crippen LogP contribution in [0.4, 0.5) is 5.95 Å². The number of carbonyl (C=O) groups excluding carboxylic acids is 1. The van der Waals surface area contributed by atoms with E-state index in [9.17, 15) is 4.79 Å². The summed E-state index contributed by atoms with van der Waals surface area (Å²) in [6.07, 6.45) is 1.77. The van der Waals surface area contributed by atoms with Crippen molar-refractivity contribution in [1.29, 1.82) is 0 Å². The summed E-state index contributed by atoms with van der Waals surface area (Å²) in [5.41, 5.74) is 7.95. The maximum Gasteiger partial charge on any atom is 0.356 e. The molecule has 1 aromatic carbocycles. The molecule has 1 heterocycles. The molecule has 0 fully saturated rings. The summed E-state index contributed by atoms with van der Waals surface area (Å²) in [7, 11) is 1.36. The molecule has 1 aromatic heterocycles. The number of hydrogen-bond donors (Lipinski definition) is 1. The molecule has 0 amide bonds. The summed E-state index contributed by atoms with van der Waals surface area (Å²) < 4.78 is 8.33.